The summed E-state index contributed by atoms with van der Waals surface area (Å²) < 4.78 is 18.6. The van der Waals surface area contributed by atoms with Gasteiger partial charge in [-0.25, -0.2) is 9.37 Å². The molecule has 1 N–H and O–H groups in total. The number of carbonyl (C=O) groups is 1. The summed E-state index contributed by atoms with van der Waals surface area (Å²) in [6.07, 6.45) is 2.26. The predicted molar refractivity (Wildman–Crippen MR) is 94.8 cm³/mol. The molecule has 1 amide bonds. The molecule has 3 aromatic rings. The summed E-state index contributed by atoms with van der Waals surface area (Å²) >= 11 is 0. The van der Waals surface area contributed by atoms with Crippen molar-refractivity contribution in [1.82, 2.24) is 4.98 Å². The molecule has 0 radical (unpaired) electrons. The first kappa shape index (κ1) is 16.9. The first-order chi connectivity index (χ1) is 12.0. The van der Waals surface area contributed by atoms with Crippen LogP contribution in [0.2, 0.25) is 0 Å². The highest BCUT2D eigenvalue weighted by molar-refractivity contribution is 5.90. The molecule has 0 saturated carbocycles. The smallest absolute Gasteiger partial charge is 0.224 e. The summed E-state index contributed by atoms with van der Waals surface area (Å²) in [7, 11) is 0. The molecule has 3 rings (SSSR count). The molecule has 2 aromatic carbocycles. The summed E-state index contributed by atoms with van der Waals surface area (Å²) in [5.74, 6) is 0.649. The van der Waals surface area contributed by atoms with Gasteiger partial charge in [-0.05, 0) is 61.4 Å². The summed E-state index contributed by atoms with van der Waals surface area (Å²) in [4.78, 5) is 16.3. The fraction of sp³-hybridized carbons (Fsp3) is 0.200. The van der Waals surface area contributed by atoms with Crippen LogP contribution in [0.5, 0.6) is 0 Å². The lowest BCUT2D eigenvalue weighted by atomic mass is 10.1. The normalized spacial score (nSPS) is 10.7. The number of nitrogens with zero attached hydrogens (tertiary/aromatic N) is 1. The van der Waals surface area contributed by atoms with Crippen molar-refractivity contribution in [3.63, 3.8) is 0 Å². The lowest BCUT2D eigenvalue weighted by Gasteiger charge is -2.07. The molecule has 0 aliphatic rings. The molecule has 128 valence electrons. The Balaban J connectivity index is 1.57. The van der Waals surface area contributed by atoms with Crippen molar-refractivity contribution < 1.29 is 13.6 Å². The standard InChI is InChI=1S/C20H19FN2O2/c1-13-3-8-17(11-14(13)2)23-19(24)9-10-20-22-12-18(25-20)15-4-6-16(21)7-5-15/h3-8,11-12H,9-10H2,1-2H3,(H,23,24). The zero-order valence-corrected chi connectivity index (χ0v) is 14.2. The summed E-state index contributed by atoms with van der Waals surface area (Å²) in [6, 6.07) is 11.8. The minimum absolute atomic E-state index is 0.0928. The topological polar surface area (TPSA) is 55.1 Å². The van der Waals surface area contributed by atoms with Crippen LogP contribution in [0.1, 0.15) is 23.4 Å². The maximum Gasteiger partial charge on any atom is 0.224 e. The second kappa shape index (κ2) is 7.30. The fourth-order valence-electron chi connectivity index (χ4n) is 2.44. The molecule has 0 atom stereocenters. The number of anilines is 1. The van der Waals surface area contributed by atoms with E-state index >= 15 is 0 Å². The monoisotopic (exact) mass is 338 g/mol. The molecule has 0 unspecified atom stereocenters. The Morgan fingerprint density at radius 3 is 2.60 bits per heavy atom. The number of benzene rings is 2. The highest BCUT2D eigenvalue weighted by atomic mass is 19.1. The molecule has 4 nitrogen and oxygen atoms in total. The highest BCUT2D eigenvalue weighted by Crippen LogP contribution is 2.21. The third-order valence-electron chi connectivity index (χ3n) is 4.04. The molecule has 1 aromatic heterocycles. The number of hydrogen-bond acceptors (Lipinski definition) is 3. The zero-order chi connectivity index (χ0) is 17.8. The number of aryl methyl sites for hydroxylation is 3. The lowest BCUT2D eigenvalue weighted by Crippen LogP contribution is -2.12. The fourth-order valence-corrected chi connectivity index (χ4v) is 2.44. The molecular formula is C20H19FN2O2. The van der Waals surface area contributed by atoms with E-state index in [4.69, 9.17) is 4.42 Å². The van der Waals surface area contributed by atoms with E-state index in [1.807, 2.05) is 32.0 Å². The van der Waals surface area contributed by atoms with Crippen LogP contribution in [-0.4, -0.2) is 10.9 Å². The van der Waals surface area contributed by atoms with Gasteiger partial charge >= 0.3 is 0 Å². The van der Waals surface area contributed by atoms with E-state index in [1.165, 1.54) is 17.7 Å². The van der Waals surface area contributed by atoms with E-state index in [1.54, 1.807) is 18.3 Å². The largest absolute Gasteiger partial charge is 0.441 e. The Hall–Kier alpha value is -2.95. The summed E-state index contributed by atoms with van der Waals surface area (Å²) in [5, 5.41) is 2.87. The van der Waals surface area contributed by atoms with Gasteiger partial charge in [0, 0.05) is 24.1 Å². The average Bonchev–Trinajstić information content (AvgIpc) is 3.06. The van der Waals surface area contributed by atoms with Gasteiger partial charge < -0.3 is 9.73 Å². The Morgan fingerprint density at radius 1 is 1.12 bits per heavy atom. The van der Waals surface area contributed by atoms with Crippen molar-refractivity contribution in [2.24, 2.45) is 0 Å². The van der Waals surface area contributed by atoms with E-state index in [9.17, 15) is 9.18 Å². The van der Waals surface area contributed by atoms with E-state index < -0.39 is 0 Å². The van der Waals surface area contributed by atoms with Gasteiger partial charge in [-0.3, -0.25) is 4.79 Å². The Labute approximate surface area is 145 Å². The molecule has 0 aliphatic heterocycles. The zero-order valence-electron chi connectivity index (χ0n) is 14.2. The van der Waals surface area contributed by atoms with Crippen LogP contribution >= 0.6 is 0 Å². The Kier molecular flexibility index (Phi) is 4.93. The number of nitrogens with one attached hydrogen (secondary N) is 1. The summed E-state index contributed by atoms with van der Waals surface area (Å²) in [6.45, 7) is 4.04. The quantitative estimate of drug-likeness (QED) is 0.735. The third-order valence-corrected chi connectivity index (χ3v) is 4.04. The molecule has 0 saturated heterocycles. The van der Waals surface area contributed by atoms with Gasteiger partial charge in [0.05, 0.1) is 6.20 Å². The molecule has 0 spiro atoms. The van der Waals surface area contributed by atoms with Gasteiger partial charge in [-0.2, -0.15) is 0 Å². The second-order valence-corrected chi connectivity index (χ2v) is 5.97. The molecule has 0 aliphatic carbocycles. The minimum atomic E-state index is -0.300. The predicted octanol–water partition coefficient (Wildman–Crippen LogP) is 4.67. The van der Waals surface area contributed by atoms with Crippen LogP contribution in [0, 0.1) is 19.7 Å². The van der Waals surface area contributed by atoms with Gasteiger partial charge in [0.2, 0.25) is 5.91 Å². The van der Waals surface area contributed by atoms with Crippen molar-refractivity contribution >= 4 is 11.6 Å². The number of oxazole rings is 1. The van der Waals surface area contributed by atoms with Gasteiger partial charge in [-0.1, -0.05) is 6.07 Å². The molecule has 0 fully saturated rings. The van der Waals surface area contributed by atoms with Crippen LogP contribution in [-0.2, 0) is 11.2 Å². The SMILES string of the molecule is Cc1ccc(NC(=O)CCc2ncc(-c3ccc(F)cc3)o2)cc1C. The molecule has 0 bridgehead atoms. The minimum Gasteiger partial charge on any atom is -0.441 e. The van der Waals surface area contributed by atoms with Crippen molar-refractivity contribution in [1.29, 1.82) is 0 Å². The van der Waals surface area contributed by atoms with E-state index in [2.05, 4.69) is 10.3 Å². The maximum absolute atomic E-state index is 13.0. The van der Waals surface area contributed by atoms with Crippen molar-refractivity contribution in [3.8, 4) is 11.3 Å². The van der Waals surface area contributed by atoms with Gasteiger partial charge in [0.15, 0.2) is 11.7 Å². The van der Waals surface area contributed by atoms with E-state index in [0.717, 1.165) is 16.8 Å². The number of rotatable bonds is 5. The first-order valence-electron chi connectivity index (χ1n) is 8.09. The van der Waals surface area contributed by atoms with Crippen molar-refractivity contribution in [2.45, 2.75) is 26.7 Å². The van der Waals surface area contributed by atoms with Gasteiger partial charge in [0.25, 0.3) is 0 Å². The first-order valence-corrected chi connectivity index (χ1v) is 8.09. The molecule has 5 heteroatoms. The number of carbonyl (C=O) groups excluding carboxylic acids is 1. The number of halogens is 1. The van der Waals surface area contributed by atoms with Crippen molar-refractivity contribution in [3.05, 3.63) is 71.5 Å². The third kappa shape index (κ3) is 4.32. The number of aromatic nitrogens is 1. The molecule has 1 heterocycles. The van der Waals surface area contributed by atoms with Crippen LogP contribution in [0.4, 0.5) is 10.1 Å². The maximum atomic E-state index is 13.0. The van der Waals surface area contributed by atoms with Crippen LogP contribution in [0.15, 0.2) is 53.1 Å². The van der Waals surface area contributed by atoms with Crippen LogP contribution in [0.3, 0.4) is 0 Å². The van der Waals surface area contributed by atoms with Crippen LogP contribution < -0.4 is 5.32 Å². The van der Waals surface area contributed by atoms with Crippen molar-refractivity contribution in [2.75, 3.05) is 5.32 Å². The van der Waals surface area contributed by atoms with Crippen LogP contribution in [0.25, 0.3) is 11.3 Å². The lowest BCUT2D eigenvalue weighted by molar-refractivity contribution is -0.116. The van der Waals surface area contributed by atoms with E-state index in [0.29, 0.717) is 18.1 Å². The second-order valence-electron chi connectivity index (χ2n) is 5.97. The Bertz CT molecular complexity index is 885. The number of hydrogen-bond donors (Lipinski definition) is 1. The summed E-state index contributed by atoms with van der Waals surface area (Å²) in [5.41, 5.74) is 3.85. The highest BCUT2D eigenvalue weighted by Gasteiger charge is 2.10. The van der Waals surface area contributed by atoms with Gasteiger partial charge in [0.1, 0.15) is 5.82 Å². The Morgan fingerprint density at radius 2 is 1.88 bits per heavy atom. The molecular weight excluding hydrogens is 319 g/mol. The number of amides is 1. The van der Waals surface area contributed by atoms with Gasteiger partial charge in [-0.15, -0.1) is 0 Å². The average molecular weight is 338 g/mol. The molecule has 25 heavy (non-hydrogen) atoms. The van der Waals surface area contributed by atoms with E-state index in [-0.39, 0.29) is 18.1 Å².